The standard InChI is InChI=1S/C12H9F3N2O/c13-12(14,15)10-3-5-17-7-9(10)11(18)8-2-1-4-16-6-8/h1-7,11,18H. The van der Waals surface area contributed by atoms with Gasteiger partial charge in [0, 0.05) is 35.9 Å². The monoisotopic (exact) mass is 254 g/mol. The van der Waals surface area contributed by atoms with Gasteiger partial charge in [0.25, 0.3) is 0 Å². The first-order valence-electron chi connectivity index (χ1n) is 5.09. The lowest BCUT2D eigenvalue weighted by atomic mass is 10.00. The Morgan fingerprint density at radius 1 is 1.06 bits per heavy atom. The van der Waals surface area contributed by atoms with Gasteiger partial charge in [-0.15, -0.1) is 0 Å². The molecule has 2 rings (SSSR count). The van der Waals surface area contributed by atoms with Crippen molar-refractivity contribution in [3.8, 4) is 0 Å². The van der Waals surface area contributed by atoms with Crippen molar-refractivity contribution in [2.75, 3.05) is 0 Å². The van der Waals surface area contributed by atoms with Gasteiger partial charge in [-0.3, -0.25) is 9.97 Å². The summed E-state index contributed by atoms with van der Waals surface area (Å²) in [5.74, 6) is 0. The van der Waals surface area contributed by atoms with Crippen LogP contribution >= 0.6 is 0 Å². The molecule has 0 saturated carbocycles. The third-order valence-electron chi connectivity index (χ3n) is 2.45. The van der Waals surface area contributed by atoms with Crippen LogP contribution in [0, 0.1) is 0 Å². The third kappa shape index (κ3) is 2.48. The van der Waals surface area contributed by atoms with Crippen LogP contribution in [0.1, 0.15) is 22.8 Å². The van der Waals surface area contributed by atoms with Crippen molar-refractivity contribution in [1.29, 1.82) is 0 Å². The number of nitrogens with zero attached hydrogens (tertiary/aromatic N) is 2. The van der Waals surface area contributed by atoms with Crippen LogP contribution in [0.5, 0.6) is 0 Å². The van der Waals surface area contributed by atoms with Gasteiger partial charge in [-0.05, 0) is 12.1 Å². The average Bonchev–Trinajstić information content (AvgIpc) is 2.38. The van der Waals surface area contributed by atoms with Gasteiger partial charge in [0.15, 0.2) is 0 Å². The molecular formula is C12H9F3N2O. The highest BCUT2D eigenvalue weighted by Gasteiger charge is 2.35. The molecular weight excluding hydrogens is 245 g/mol. The van der Waals surface area contributed by atoms with E-state index in [2.05, 4.69) is 9.97 Å². The number of aromatic nitrogens is 2. The van der Waals surface area contributed by atoms with Gasteiger partial charge in [0.05, 0.1) is 5.56 Å². The highest BCUT2D eigenvalue weighted by Crippen LogP contribution is 2.35. The van der Waals surface area contributed by atoms with Gasteiger partial charge in [-0.25, -0.2) is 0 Å². The summed E-state index contributed by atoms with van der Waals surface area (Å²) in [4.78, 5) is 7.39. The maximum Gasteiger partial charge on any atom is 0.416 e. The van der Waals surface area contributed by atoms with E-state index in [0.717, 1.165) is 18.5 Å². The first-order valence-corrected chi connectivity index (χ1v) is 5.09. The van der Waals surface area contributed by atoms with Gasteiger partial charge in [-0.1, -0.05) is 6.07 Å². The number of aliphatic hydroxyl groups is 1. The Balaban J connectivity index is 2.46. The summed E-state index contributed by atoms with van der Waals surface area (Å²) in [5, 5.41) is 9.96. The van der Waals surface area contributed by atoms with Crippen LogP contribution in [-0.2, 0) is 6.18 Å². The van der Waals surface area contributed by atoms with Crippen LogP contribution in [0.3, 0.4) is 0 Å². The fourth-order valence-electron chi connectivity index (χ4n) is 1.60. The van der Waals surface area contributed by atoms with E-state index >= 15 is 0 Å². The largest absolute Gasteiger partial charge is 0.416 e. The fourth-order valence-corrected chi connectivity index (χ4v) is 1.60. The molecule has 2 aromatic rings. The molecule has 1 atom stereocenters. The molecule has 0 aliphatic carbocycles. The number of pyridine rings is 2. The molecule has 2 heterocycles. The molecule has 0 aromatic carbocycles. The zero-order valence-electron chi connectivity index (χ0n) is 9.09. The molecule has 0 radical (unpaired) electrons. The first kappa shape index (κ1) is 12.5. The lowest BCUT2D eigenvalue weighted by molar-refractivity contribution is -0.139. The minimum atomic E-state index is -4.53. The zero-order valence-corrected chi connectivity index (χ0v) is 9.09. The molecule has 0 amide bonds. The molecule has 18 heavy (non-hydrogen) atoms. The molecule has 2 aromatic heterocycles. The zero-order chi connectivity index (χ0) is 13.2. The number of hydrogen-bond acceptors (Lipinski definition) is 3. The first-order chi connectivity index (χ1) is 8.50. The van der Waals surface area contributed by atoms with Crippen LogP contribution in [0.25, 0.3) is 0 Å². The molecule has 0 bridgehead atoms. The van der Waals surface area contributed by atoms with Crippen LogP contribution in [0.15, 0.2) is 43.0 Å². The topological polar surface area (TPSA) is 46.0 Å². The van der Waals surface area contributed by atoms with Gasteiger partial charge in [-0.2, -0.15) is 13.2 Å². The van der Waals surface area contributed by atoms with Crippen molar-refractivity contribution < 1.29 is 18.3 Å². The average molecular weight is 254 g/mol. The predicted octanol–water partition coefficient (Wildman–Crippen LogP) is 2.58. The molecule has 6 heteroatoms. The molecule has 1 N–H and O–H groups in total. The smallest absolute Gasteiger partial charge is 0.384 e. The molecule has 0 saturated heterocycles. The molecule has 1 unspecified atom stereocenters. The molecule has 0 aliphatic rings. The minimum absolute atomic E-state index is 0.280. The van der Waals surface area contributed by atoms with Gasteiger partial charge >= 0.3 is 6.18 Å². The minimum Gasteiger partial charge on any atom is -0.384 e. The summed E-state index contributed by atoms with van der Waals surface area (Å²) in [7, 11) is 0. The van der Waals surface area contributed by atoms with Crippen LogP contribution in [0.4, 0.5) is 13.2 Å². The van der Waals surface area contributed by atoms with E-state index in [1.807, 2.05) is 0 Å². The fraction of sp³-hybridized carbons (Fsp3) is 0.167. The van der Waals surface area contributed by atoms with Crippen molar-refractivity contribution >= 4 is 0 Å². The van der Waals surface area contributed by atoms with E-state index in [1.165, 1.54) is 18.5 Å². The Morgan fingerprint density at radius 3 is 2.39 bits per heavy atom. The van der Waals surface area contributed by atoms with Gasteiger partial charge in [0.2, 0.25) is 0 Å². The van der Waals surface area contributed by atoms with E-state index in [-0.39, 0.29) is 11.1 Å². The van der Waals surface area contributed by atoms with Gasteiger partial charge in [0.1, 0.15) is 6.10 Å². The summed E-state index contributed by atoms with van der Waals surface area (Å²) < 4.78 is 38.3. The highest BCUT2D eigenvalue weighted by atomic mass is 19.4. The van der Waals surface area contributed by atoms with Crippen molar-refractivity contribution in [3.63, 3.8) is 0 Å². The number of halogens is 3. The lowest BCUT2D eigenvalue weighted by Crippen LogP contribution is -2.13. The lowest BCUT2D eigenvalue weighted by Gasteiger charge is -2.16. The number of aliphatic hydroxyl groups excluding tert-OH is 1. The Labute approximate surface area is 101 Å². The summed E-state index contributed by atoms with van der Waals surface area (Å²) in [5.41, 5.74) is -0.886. The van der Waals surface area contributed by atoms with Gasteiger partial charge < -0.3 is 5.11 Å². The van der Waals surface area contributed by atoms with Crippen LogP contribution < -0.4 is 0 Å². The van der Waals surface area contributed by atoms with E-state index in [1.54, 1.807) is 6.07 Å². The molecule has 94 valence electrons. The predicted molar refractivity (Wildman–Crippen MR) is 57.5 cm³/mol. The molecule has 3 nitrogen and oxygen atoms in total. The Bertz CT molecular complexity index is 528. The van der Waals surface area contributed by atoms with Crippen molar-refractivity contribution in [3.05, 3.63) is 59.7 Å². The number of rotatable bonds is 2. The second-order valence-corrected chi connectivity index (χ2v) is 3.65. The van der Waals surface area contributed by atoms with Crippen LogP contribution in [0.2, 0.25) is 0 Å². The van der Waals surface area contributed by atoms with Crippen LogP contribution in [-0.4, -0.2) is 15.1 Å². The third-order valence-corrected chi connectivity index (χ3v) is 2.45. The maximum absolute atomic E-state index is 12.8. The quantitative estimate of drug-likeness (QED) is 0.895. The SMILES string of the molecule is OC(c1cccnc1)c1cnccc1C(F)(F)F. The summed E-state index contributed by atoms with van der Waals surface area (Å²) in [6, 6.07) is 3.89. The highest BCUT2D eigenvalue weighted by molar-refractivity contribution is 5.34. The number of alkyl halides is 3. The van der Waals surface area contributed by atoms with Crippen molar-refractivity contribution in [1.82, 2.24) is 9.97 Å². The molecule has 0 aliphatic heterocycles. The second kappa shape index (κ2) is 4.73. The normalized spacial score (nSPS) is 13.3. The molecule has 0 fully saturated rings. The Morgan fingerprint density at radius 2 is 1.78 bits per heavy atom. The summed E-state index contributed by atoms with van der Waals surface area (Å²) in [6.45, 7) is 0. The Hall–Kier alpha value is -1.95. The Kier molecular flexibility index (Phi) is 3.29. The van der Waals surface area contributed by atoms with Crippen molar-refractivity contribution in [2.24, 2.45) is 0 Å². The maximum atomic E-state index is 12.8. The van der Waals surface area contributed by atoms with Crippen molar-refractivity contribution in [2.45, 2.75) is 12.3 Å². The van der Waals surface area contributed by atoms with E-state index < -0.39 is 17.8 Å². The van der Waals surface area contributed by atoms with E-state index in [4.69, 9.17) is 0 Å². The van der Waals surface area contributed by atoms with E-state index in [9.17, 15) is 18.3 Å². The second-order valence-electron chi connectivity index (χ2n) is 3.65. The van der Waals surface area contributed by atoms with E-state index in [0.29, 0.717) is 0 Å². The molecule has 0 spiro atoms. The summed E-state index contributed by atoms with van der Waals surface area (Å²) in [6.07, 6.45) is -1.07. The summed E-state index contributed by atoms with van der Waals surface area (Å²) >= 11 is 0. The number of hydrogen-bond donors (Lipinski definition) is 1.